The maximum Gasteiger partial charge on any atom is 0.166 e. The Kier molecular flexibility index (Phi) is 3.69. The molecule has 0 heterocycles. The van der Waals surface area contributed by atoms with Gasteiger partial charge in [-0.05, 0) is 49.4 Å². The first-order valence-corrected chi connectivity index (χ1v) is 7.41. The predicted octanol–water partition coefficient (Wildman–Crippen LogP) is 2.98. The molecule has 2 N–H and O–H groups in total. The van der Waals surface area contributed by atoms with Crippen LogP contribution in [-0.2, 0) is 6.54 Å². The molecule has 2 bridgehead atoms. The zero-order valence-corrected chi connectivity index (χ0v) is 11.7. The van der Waals surface area contributed by atoms with Crippen LogP contribution in [0.5, 0.6) is 0 Å². The normalized spacial score (nSPS) is 28.4. The SMILES string of the molecule is Fc1ccccc1CNC(=S)N[C@H]1C[C@H]2CC[C@H]1C2. The summed E-state index contributed by atoms with van der Waals surface area (Å²) in [7, 11) is 0. The lowest BCUT2D eigenvalue weighted by Crippen LogP contribution is -2.44. The van der Waals surface area contributed by atoms with Crippen molar-refractivity contribution in [2.75, 3.05) is 0 Å². The van der Waals surface area contributed by atoms with Crippen molar-refractivity contribution in [3.63, 3.8) is 0 Å². The molecule has 0 saturated heterocycles. The van der Waals surface area contributed by atoms with Crippen molar-refractivity contribution >= 4 is 17.3 Å². The highest BCUT2D eigenvalue weighted by atomic mass is 32.1. The molecule has 0 unspecified atom stereocenters. The Morgan fingerprint density at radius 1 is 1.26 bits per heavy atom. The average molecular weight is 278 g/mol. The Bertz CT molecular complexity index is 477. The third kappa shape index (κ3) is 2.89. The van der Waals surface area contributed by atoms with Gasteiger partial charge in [0.2, 0.25) is 0 Å². The van der Waals surface area contributed by atoms with E-state index in [4.69, 9.17) is 12.2 Å². The molecule has 102 valence electrons. The largest absolute Gasteiger partial charge is 0.360 e. The first-order chi connectivity index (χ1) is 9.22. The number of benzene rings is 1. The fraction of sp³-hybridized carbons (Fsp3) is 0.533. The van der Waals surface area contributed by atoms with Crippen molar-refractivity contribution in [1.82, 2.24) is 10.6 Å². The Labute approximate surface area is 118 Å². The molecule has 1 aromatic rings. The van der Waals surface area contributed by atoms with Gasteiger partial charge in [-0.15, -0.1) is 0 Å². The summed E-state index contributed by atoms with van der Waals surface area (Å²) in [6.45, 7) is 0.444. The predicted molar refractivity (Wildman–Crippen MR) is 78.2 cm³/mol. The molecule has 0 radical (unpaired) electrons. The van der Waals surface area contributed by atoms with Crippen LogP contribution in [0.25, 0.3) is 0 Å². The van der Waals surface area contributed by atoms with E-state index in [1.54, 1.807) is 12.1 Å². The van der Waals surface area contributed by atoms with Crippen LogP contribution in [0, 0.1) is 17.7 Å². The maximum absolute atomic E-state index is 13.5. The first kappa shape index (κ1) is 12.9. The molecule has 0 amide bonds. The molecule has 2 aliphatic rings. The van der Waals surface area contributed by atoms with Crippen LogP contribution in [0.2, 0.25) is 0 Å². The minimum atomic E-state index is -0.183. The number of halogens is 1. The minimum Gasteiger partial charge on any atom is -0.360 e. The zero-order valence-electron chi connectivity index (χ0n) is 10.9. The quantitative estimate of drug-likeness (QED) is 0.831. The van der Waals surface area contributed by atoms with Gasteiger partial charge in [0.25, 0.3) is 0 Å². The van der Waals surface area contributed by atoms with Gasteiger partial charge in [0.05, 0.1) is 0 Å². The minimum absolute atomic E-state index is 0.183. The van der Waals surface area contributed by atoms with E-state index in [0.717, 1.165) is 11.8 Å². The number of fused-ring (bicyclic) bond motifs is 2. The standard InChI is InChI=1S/C15H19FN2S/c16-13-4-2-1-3-12(13)9-17-15(19)18-14-8-10-5-6-11(14)7-10/h1-4,10-11,14H,5-9H2,(H2,17,18,19)/t10-,11-,14-/m0/s1. The summed E-state index contributed by atoms with van der Waals surface area (Å²) in [5.74, 6) is 1.51. The van der Waals surface area contributed by atoms with Gasteiger partial charge in [-0.25, -0.2) is 4.39 Å². The highest BCUT2D eigenvalue weighted by molar-refractivity contribution is 7.80. The van der Waals surface area contributed by atoms with Gasteiger partial charge in [-0.2, -0.15) is 0 Å². The van der Waals surface area contributed by atoms with Crippen molar-refractivity contribution in [3.8, 4) is 0 Å². The smallest absolute Gasteiger partial charge is 0.166 e. The molecular formula is C15H19FN2S. The fourth-order valence-corrected chi connectivity index (χ4v) is 3.68. The van der Waals surface area contributed by atoms with Crippen LogP contribution in [0.1, 0.15) is 31.2 Å². The third-order valence-corrected chi connectivity index (χ3v) is 4.71. The topological polar surface area (TPSA) is 24.1 Å². The van der Waals surface area contributed by atoms with Crippen molar-refractivity contribution in [3.05, 3.63) is 35.6 Å². The molecule has 2 aliphatic carbocycles. The first-order valence-electron chi connectivity index (χ1n) is 7.00. The number of hydrogen-bond donors (Lipinski definition) is 2. The lowest BCUT2D eigenvalue weighted by Gasteiger charge is -2.24. The zero-order chi connectivity index (χ0) is 13.2. The van der Waals surface area contributed by atoms with Gasteiger partial charge in [0.1, 0.15) is 5.82 Å². The second-order valence-electron chi connectivity index (χ2n) is 5.70. The van der Waals surface area contributed by atoms with Crippen LogP contribution in [0.4, 0.5) is 4.39 Å². The molecular weight excluding hydrogens is 259 g/mol. The molecule has 3 atom stereocenters. The third-order valence-electron chi connectivity index (χ3n) is 4.45. The summed E-state index contributed by atoms with van der Waals surface area (Å²) in [6, 6.07) is 7.32. The van der Waals surface area contributed by atoms with Gasteiger partial charge < -0.3 is 10.6 Å². The summed E-state index contributed by atoms with van der Waals surface area (Å²) in [5, 5.41) is 7.16. The van der Waals surface area contributed by atoms with Crippen molar-refractivity contribution < 1.29 is 4.39 Å². The molecule has 0 aliphatic heterocycles. The lowest BCUT2D eigenvalue weighted by molar-refractivity contribution is 0.389. The summed E-state index contributed by atoms with van der Waals surface area (Å²) in [5.41, 5.74) is 0.652. The summed E-state index contributed by atoms with van der Waals surface area (Å²) in [6.07, 6.45) is 5.32. The second-order valence-corrected chi connectivity index (χ2v) is 6.11. The lowest BCUT2D eigenvalue weighted by atomic mass is 9.96. The van der Waals surface area contributed by atoms with E-state index in [2.05, 4.69) is 10.6 Å². The molecule has 2 nitrogen and oxygen atoms in total. The number of nitrogens with one attached hydrogen (secondary N) is 2. The van der Waals surface area contributed by atoms with Gasteiger partial charge in [0, 0.05) is 18.2 Å². The van der Waals surface area contributed by atoms with Crippen LogP contribution < -0.4 is 10.6 Å². The molecule has 1 aromatic carbocycles. The molecule has 0 spiro atoms. The number of hydrogen-bond acceptors (Lipinski definition) is 1. The second kappa shape index (κ2) is 5.45. The Morgan fingerprint density at radius 3 is 2.79 bits per heavy atom. The highest BCUT2D eigenvalue weighted by Gasteiger charge is 2.39. The summed E-state index contributed by atoms with van der Waals surface area (Å²) >= 11 is 5.30. The summed E-state index contributed by atoms with van der Waals surface area (Å²) < 4.78 is 13.5. The number of thiocarbonyl (C=S) groups is 1. The van der Waals surface area contributed by atoms with Gasteiger partial charge in [0.15, 0.2) is 5.11 Å². The summed E-state index contributed by atoms with van der Waals surface area (Å²) in [4.78, 5) is 0. The van der Waals surface area contributed by atoms with Gasteiger partial charge in [-0.1, -0.05) is 24.6 Å². The van der Waals surface area contributed by atoms with E-state index >= 15 is 0 Å². The average Bonchev–Trinajstić information content (AvgIpc) is 3.00. The molecule has 2 saturated carbocycles. The van der Waals surface area contributed by atoms with E-state index in [-0.39, 0.29) is 5.82 Å². The molecule has 2 fully saturated rings. The van der Waals surface area contributed by atoms with E-state index in [0.29, 0.717) is 23.3 Å². The molecule has 4 heteroatoms. The van der Waals surface area contributed by atoms with Crippen LogP contribution in [0.15, 0.2) is 24.3 Å². The highest BCUT2D eigenvalue weighted by Crippen LogP contribution is 2.44. The van der Waals surface area contributed by atoms with E-state index in [9.17, 15) is 4.39 Å². The van der Waals surface area contributed by atoms with Crippen molar-refractivity contribution in [1.29, 1.82) is 0 Å². The molecule has 0 aromatic heterocycles. The van der Waals surface area contributed by atoms with Crippen molar-refractivity contribution in [2.24, 2.45) is 11.8 Å². The fourth-order valence-electron chi connectivity index (χ4n) is 3.46. The monoisotopic (exact) mass is 278 g/mol. The van der Waals surface area contributed by atoms with Crippen LogP contribution in [-0.4, -0.2) is 11.2 Å². The Hall–Kier alpha value is -1.16. The van der Waals surface area contributed by atoms with E-state index in [1.807, 2.05) is 6.07 Å². The van der Waals surface area contributed by atoms with E-state index < -0.39 is 0 Å². The maximum atomic E-state index is 13.5. The van der Waals surface area contributed by atoms with E-state index in [1.165, 1.54) is 31.7 Å². The van der Waals surface area contributed by atoms with Crippen LogP contribution >= 0.6 is 12.2 Å². The Balaban J connectivity index is 1.48. The van der Waals surface area contributed by atoms with Crippen molar-refractivity contribution in [2.45, 2.75) is 38.3 Å². The molecule has 19 heavy (non-hydrogen) atoms. The van der Waals surface area contributed by atoms with Gasteiger partial charge in [-0.3, -0.25) is 0 Å². The molecule has 3 rings (SSSR count). The van der Waals surface area contributed by atoms with Gasteiger partial charge >= 0.3 is 0 Å². The Morgan fingerprint density at radius 2 is 2.11 bits per heavy atom. The van der Waals surface area contributed by atoms with Crippen LogP contribution in [0.3, 0.4) is 0 Å². The number of rotatable bonds is 3.